The molecule has 0 aliphatic heterocycles. The molecule has 2 heterocycles. The number of benzene rings is 2. The van der Waals surface area contributed by atoms with E-state index in [0.29, 0.717) is 6.54 Å². The van der Waals surface area contributed by atoms with Gasteiger partial charge in [-0.25, -0.2) is 4.68 Å². The third-order valence-electron chi connectivity index (χ3n) is 4.05. The fourth-order valence-electron chi connectivity index (χ4n) is 2.68. The third-order valence-corrected chi connectivity index (χ3v) is 5.40. The molecule has 0 atom stereocenters. The van der Waals surface area contributed by atoms with E-state index in [1.165, 1.54) is 5.56 Å². The Morgan fingerprint density at radius 3 is 2.71 bits per heavy atom. The van der Waals surface area contributed by atoms with E-state index < -0.39 is 0 Å². The Labute approximate surface area is 175 Å². The summed E-state index contributed by atoms with van der Waals surface area (Å²) in [7, 11) is 0. The highest BCUT2D eigenvalue weighted by Gasteiger charge is 2.08. The van der Waals surface area contributed by atoms with Gasteiger partial charge in [-0.05, 0) is 23.8 Å². The second-order valence-corrected chi connectivity index (χ2v) is 7.81. The molecule has 0 saturated heterocycles. The molecule has 0 saturated carbocycles. The van der Waals surface area contributed by atoms with Crippen molar-refractivity contribution in [3.63, 3.8) is 0 Å². The summed E-state index contributed by atoms with van der Waals surface area (Å²) < 4.78 is 2.92. The molecule has 4 rings (SSSR count). The van der Waals surface area contributed by atoms with Gasteiger partial charge < -0.3 is 0 Å². The number of hydrogen-bond acceptors (Lipinski definition) is 4. The molecule has 138 valence electrons. The van der Waals surface area contributed by atoms with Crippen LogP contribution in [0.3, 0.4) is 0 Å². The number of rotatable bonds is 5. The smallest absolute Gasteiger partial charge is 0.206 e. The van der Waals surface area contributed by atoms with Gasteiger partial charge in [-0.2, -0.15) is 5.10 Å². The first-order chi connectivity index (χ1) is 13.8. The summed E-state index contributed by atoms with van der Waals surface area (Å²) in [5.74, 6) is 0. The van der Waals surface area contributed by atoms with Gasteiger partial charge in [0.25, 0.3) is 0 Å². The highest BCUT2D eigenvalue weighted by Crippen LogP contribution is 2.23. The lowest BCUT2D eigenvalue weighted by Crippen LogP contribution is -2.12. The van der Waals surface area contributed by atoms with Crippen LogP contribution in [0, 0.1) is 0 Å². The van der Waals surface area contributed by atoms with Crippen molar-refractivity contribution in [1.29, 1.82) is 0 Å². The summed E-state index contributed by atoms with van der Waals surface area (Å²) in [5.41, 5.74) is 4.19. The van der Waals surface area contributed by atoms with Crippen LogP contribution in [0.4, 0.5) is 0 Å². The summed E-state index contributed by atoms with van der Waals surface area (Å²) >= 11 is 5.13. The molecule has 0 N–H and O–H groups in total. The monoisotopic (exact) mass is 448 g/mol. The number of pyridine rings is 1. The topological polar surface area (TPSA) is 42.5 Å². The van der Waals surface area contributed by atoms with Gasteiger partial charge in [0.2, 0.25) is 4.80 Å². The Kier molecular flexibility index (Phi) is 5.89. The van der Waals surface area contributed by atoms with Crippen LogP contribution in [0.5, 0.6) is 0 Å². The summed E-state index contributed by atoms with van der Waals surface area (Å²) in [6, 6.07) is 22.3. The molecule has 0 unspecified atom stereocenters. The first-order valence-electron chi connectivity index (χ1n) is 8.75. The molecule has 0 spiro atoms. The minimum absolute atomic E-state index is 0.613. The van der Waals surface area contributed by atoms with E-state index >= 15 is 0 Å². The van der Waals surface area contributed by atoms with Crippen LogP contribution < -0.4 is 4.80 Å². The van der Waals surface area contributed by atoms with Crippen LogP contribution in [0.2, 0.25) is 0 Å². The Balaban J connectivity index is 1.76. The highest BCUT2D eigenvalue weighted by atomic mass is 79.9. The van der Waals surface area contributed by atoms with Gasteiger partial charge in [-0.1, -0.05) is 64.5 Å². The second-order valence-electron chi connectivity index (χ2n) is 6.06. The van der Waals surface area contributed by atoms with E-state index in [1.54, 1.807) is 23.7 Å². The van der Waals surface area contributed by atoms with E-state index in [2.05, 4.69) is 50.6 Å². The van der Waals surface area contributed by atoms with E-state index in [4.69, 9.17) is 10.1 Å². The average Bonchev–Trinajstić information content (AvgIpc) is 3.15. The van der Waals surface area contributed by atoms with Crippen LogP contribution in [0.15, 0.2) is 99.1 Å². The fraction of sp³-hybridized carbons (Fsp3) is 0.0455. The second kappa shape index (κ2) is 8.91. The molecule has 4 aromatic rings. The molecule has 0 bridgehead atoms. The standard InChI is InChI=1S/C22H17BrN4S/c23-20-10-4-9-19(12-20)21-16-28-22(25-14-17-6-2-1-3-7-17)27(21)26-15-18-8-5-11-24-13-18/h1-13,15-16H,14H2. The van der Waals surface area contributed by atoms with Gasteiger partial charge in [0.15, 0.2) is 0 Å². The summed E-state index contributed by atoms with van der Waals surface area (Å²) in [5, 5.41) is 6.80. The van der Waals surface area contributed by atoms with Gasteiger partial charge in [0, 0.05) is 33.4 Å². The van der Waals surface area contributed by atoms with Gasteiger partial charge in [0.1, 0.15) is 0 Å². The van der Waals surface area contributed by atoms with E-state index in [0.717, 1.165) is 26.1 Å². The van der Waals surface area contributed by atoms with Crippen LogP contribution >= 0.6 is 27.3 Å². The van der Waals surface area contributed by atoms with Crippen molar-refractivity contribution < 1.29 is 0 Å². The zero-order chi connectivity index (χ0) is 19.2. The lowest BCUT2D eigenvalue weighted by molar-refractivity contribution is 0.824. The maximum Gasteiger partial charge on any atom is 0.206 e. The Hall–Kier alpha value is -2.83. The highest BCUT2D eigenvalue weighted by molar-refractivity contribution is 9.10. The van der Waals surface area contributed by atoms with Crippen LogP contribution in [-0.4, -0.2) is 15.9 Å². The van der Waals surface area contributed by atoms with E-state index in [1.807, 2.05) is 53.4 Å². The maximum atomic E-state index is 4.80. The first-order valence-corrected chi connectivity index (χ1v) is 10.4. The third kappa shape index (κ3) is 4.52. The molecule has 0 fully saturated rings. The summed E-state index contributed by atoms with van der Waals surface area (Å²) in [6.45, 7) is 0.613. The van der Waals surface area contributed by atoms with Gasteiger partial charge in [-0.3, -0.25) is 9.98 Å². The van der Waals surface area contributed by atoms with Crippen LogP contribution in [-0.2, 0) is 6.54 Å². The molecule has 0 aliphatic rings. The quantitative estimate of drug-likeness (QED) is 0.379. The molecule has 0 radical (unpaired) electrons. The minimum atomic E-state index is 0.613. The molecule has 2 aromatic carbocycles. The molecule has 0 aliphatic carbocycles. The van der Waals surface area contributed by atoms with Crippen LogP contribution in [0.1, 0.15) is 11.1 Å². The predicted octanol–water partition coefficient (Wildman–Crippen LogP) is 5.36. The van der Waals surface area contributed by atoms with Gasteiger partial charge in [0.05, 0.1) is 18.5 Å². The van der Waals surface area contributed by atoms with Gasteiger partial charge in [-0.15, -0.1) is 11.3 Å². The molecule has 0 amide bonds. The lowest BCUT2D eigenvalue weighted by atomic mass is 10.2. The predicted molar refractivity (Wildman–Crippen MR) is 118 cm³/mol. The molecule has 6 heteroatoms. The lowest BCUT2D eigenvalue weighted by Gasteiger charge is -2.04. The number of hydrogen-bond donors (Lipinski definition) is 0. The number of halogens is 1. The van der Waals surface area contributed by atoms with E-state index in [9.17, 15) is 0 Å². The average molecular weight is 449 g/mol. The Morgan fingerprint density at radius 2 is 1.93 bits per heavy atom. The van der Waals surface area contributed by atoms with Crippen molar-refractivity contribution in [3.05, 3.63) is 105 Å². The Morgan fingerprint density at radius 1 is 1.04 bits per heavy atom. The number of aromatic nitrogens is 2. The number of thiazole rings is 1. The van der Waals surface area contributed by atoms with Crippen molar-refractivity contribution in [2.45, 2.75) is 6.54 Å². The minimum Gasteiger partial charge on any atom is -0.264 e. The molecule has 2 aromatic heterocycles. The van der Waals surface area contributed by atoms with E-state index in [-0.39, 0.29) is 0 Å². The van der Waals surface area contributed by atoms with Crippen molar-refractivity contribution >= 4 is 33.5 Å². The maximum absolute atomic E-state index is 4.80. The van der Waals surface area contributed by atoms with Gasteiger partial charge >= 0.3 is 0 Å². The zero-order valence-electron chi connectivity index (χ0n) is 14.9. The van der Waals surface area contributed by atoms with Crippen molar-refractivity contribution in [2.75, 3.05) is 0 Å². The first kappa shape index (κ1) is 18.5. The normalized spacial score (nSPS) is 12.0. The molecular weight excluding hydrogens is 432 g/mol. The van der Waals surface area contributed by atoms with Crippen molar-refractivity contribution in [1.82, 2.24) is 9.66 Å². The van der Waals surface area contributed by atoms with Crippen LogP contribution in [0.25, 0.3) is 11.3 Å². The zero-order valence-corrected chi connectivity index (χ0v) is 17.3. The SMILES string of the molecule is Brc1cccc(-c2csc(=NCc3ccccc3)n2N=Cc2cccnc2)c1. The Bertz CT molecular complexity index is 1150. The summed E-state index contributed by atoms with van der Waals surface area (Å²) in [6.07, 6.45) is 5.35. The number of nitrogens with zero attached hydrogens (tertiary/aromatic N) is 4. The fourth-order valence-corrected chi connectivity index (χ4v) is 3.92. The van der Waals surface area contributed by atoms with Crippen molar-refractivity contribution in [2.24, 2.45) is 10.1 Å². The summed E-state index contributed by atoms with van der Waals surface area (Å²) in [4.78, 5) is 9.79. The molecular formula is C22H17BrN4S. The molecule has 28 heavy (non-hydrogen) atoms. The van der Waals surface area contributed by atoms with Crippen molar-refractivity contribution in [3.8, 4) is 11.3 Å². The largest absolute Gasteiger partial charge is 0.264 e. The molecule has 4 nitrogen and oxygen atoms in total.